The lowest BCUT2D eigenvalue weighted by Crippen LogP contribution is -2.02. The first-order valence-corrected chi connectivity index (χ1v) is 19.0. The van der Waals surface area contributed by atoms with Crippen LogP contribution in [-0.4, -0.2) is 19.5 Å². The van der Waals surface area contributed by atoms with Crippen molar-refractivity contribution in [2.75, 3.05) is 0 Å². The molecule has 0 spiro atoms. The summed E-state index contributed by atoms with van der Waals surface area (Å²) in [5.74, 6) is 1.32. The van der Waals surface area contributed by atoms with E-state index in [2.05, 4.69) is 53.1 Å². The molecule has 58 heavy (non-hydrogen) atoms. The van der Waals surface area contributed by atoms with Crippen molar-refractivity contribution in [1.82, 2.24) is 19.5 Å². The Bertz CT molecular complexity index is 3790. The third-order valence-electron chi connectivity index (χ3n) is 11.0. The Labute approximate surface area is 341 Å². The van der Waals surface area contributed by atoms with E-state index in [0.717, 1.165) is 54.5 Å². The van der Waals surface area contributed by atoms with Crippen molar-refractivity contribution in [2.24, 2.45) is 0 Å². The Morgan fingerprint density at radius 1 is 0.414 bits per heavy atom. The van der Waals surface area contributed by atoms with Crippen LogP contribution >= 0.6 is 0 Å². The lowest BCUT2D eigenvalue weighted by atomic mass is 9.97. The Balaban J connectivity index is 1.21. The van der Waals surface area contributed by atoms with Gasteiger partial charge in [0.2, 0.25) is 0 Å². The quantitative estimate of drug-likeness (QED) is 0.176. The second kappa shape index (κ2) is 12.8. The molecule has 3 aromatic heterocycles. The van der Waals surface area contributed by atoms with Crippen LogP contribution in [0.2, 0.25) is 0 Å². The van der Waals surface area contributed by atoms with Gasteiger partial charge in [-0.15, -0.1) is 0 Å². The second-order valence-corrected chi connectivity index (χ2v) is 14.3. The molecule has 12 rings (SSSR count). The van der Waals surface area contributed by atoms with Crippen LogP contribution in [0.15, 0.2) is 198 Å². The number of benzene rings is 9. The molecule has 0 saturated carbocycles. The molecule has 5 nitrogen and oxygen atoms in total. The molecular weight excluding hydrogens is 709 g/mol. The lowest BCUT2D eigenvalue weighted by molar-refractivity contribution is 0.670. The van der Waals surface area contributed by atoms with E-state index >= 15 is 0 Å². The van der Waals surface area contributed by atoms with Crippen LogP contribution in [0.4, 0.5) is 0 Å². The number of rotatable bonds is 5. The zero-order valence-corrected chi connectivity index (χ0v) is 30.7. The topological polar surface area (TPSA) is 56.7 Å². The van der Waals surface area contributed by atoms with Gasteiger partial charge < -0.3 is 8.98 Å². The van der Waals surface area contributed by atoms with Crippen LogP contribution in [0, 0.1) is 0 Å². The van der Waals surface area contributed by atoms with E-state index in [-0.39, 0.29) is 63.8 Å². The van der Waals surface area contributed by atoms with Crippen LogP contribution in [0.25, 0.3) is 116 Å². The molecule has 9 aromatic carbocycles. The Morgan fingerprint density at radius 2 is 0.983 bits per heavy atom. The molecular formula is C53H32N4O. The van der Waals surface area contributed by atoms with Crippen molar-refractivity contribution in [3.05, 3.63) is 194 Å². The summed E-state index contributed by atoms with van der Waals surface area (Å²) in [6.07, 6.45) is 0. The number of aromatic nitrogens is 4. The number of fused-ring (bicyclic) bond motifs is 8. The molecule has 0 aliphatic heterocycles. The Hall–Kier alpha value is -7.89. The lowest BCUT2D eigenvalue weighted by Gasteiger charge is -2.17. The Morgan fingerprint density at radius 3 is 1.66 bits per heavy atom. The molecule has 5 heteroatoms. The Kier molecular flexibility index (Phi) is 5.94. The van der Waals surface area contributed by atoms with E-state index in [9.17, 15) is 2.74 Å². The summed E-state index contributed by atoms with van der Waals surface area (Å²) < 4.78 is 62.7. The second-order valence-electron chi connectivity index (χ2n) is 14.3. The summed E-state index contributed by atoms with van der Waals surface area (Å²) in [7, 11) is 0. The molecule has 0 unspecified atom stereocenters. The fourth-order valence-corrected chi connectivity index (χ4v) is 8.40. The van der Waals surface area contributed by atoms with Gasteiger partial charge in [0.15, 0.2) is 17.5 Å². The zero-order chi connectivity index (χ0) is 43.4. The molecule has 12 aromatic rings. The first kappa shape index (κ1) is 26.8. The van der Waals surface area contributed by atoms with Crippen LogP contribution < -0.4 is 0 Å². The summed E-state index contributed by atoms with van der Waals surface area (Å²) in [4.78, 5) is 15.6. The fraction of sp³-hybridized carbons (Fsp3) is 0. The predicted molar refractivity (Wildman–Crippen MR) is 238 cm³/mol. The van der Waals surface area contributed by atoms with Gasteiger partial charge in [0.25, 0.3) is 0 Å². The van der Waals surface area contributed by atoms with Crippen molar-refractivity contribution >= 4 is 65.3 Å². The number of para-hydroxylation sites is 4. The van der Waals surface area contributed by atoms with Crippen molar-refractivity contribution in [3.8, 4) is 51.0 Å². The molecule has 0 bridgehead atoms. The van der Waals surface area contributed by atoms with Gasteiger partial charge in [-0.1, -0.05) is 158 Å². The molecule has 270 valence electrons. The summed E-state index contributed by atoms with van der Waals surface area (Å²) in [6.45, 7) is 0. The SMILES string of the molecule is [2H]c1cc([2H])c2oc3c(-c4cc(-c5nc(-c6cccc7ccccc67)nc(-c6cccc7ccccc67)n5)ccc4-n4c5ccccc5c5ccccc54)c([2H])c([2H])c([2H])c3c2c1[2H]. The van der Waals surface area contributed by atoms with Crippen LogP contribution in [0.3, 0.4) is 0 Å². The number of furan rings is 1. The third-order valence-corrected chi connectivity index (χ3v) is 11.0. The zero-order valence-electron chi connectivity index (χ0n) is 36.7. The van der Waals surface area contributed by atoms with Gasteiger partial charge in [0, 0.05) is 49.4 Å². The molecule has 0 N–H and O–H groups in total. The average Bonchev–Trinajstić information content (AvgIpc) is 3.90. The van der Waals surface area contributed by atoms with Crippen LogP contribution in [-0.2, 0) is 0 Å². The minimum Gasteiger partial charge on any atom is -0.455 e. The predicted octanol–water partition coefficient (Wildman–Crippen LogP) is 13.8. The molecule has 3 heterocycles. The average molecular weight is 747 g/mol. The largest absolute Gasteiger partial charge is 0.455 e. The molecule has 0 aliphatic rings. The highest BCUT2D eigenvalue weighted by Gasteiger charge is 2.22. The van der Waals surface area contributed by atoms with Gasteiger partial charge in [0.05, 0.1) is 24.9 Å². The minimum absolute atomic E-state index is 0.0160. The van der Waals surface area contributed by atoms with Crippen molar-refractivity contribution in [3.63, 3.8) is 0 Å². The van der Waals surface area contributed by atoms with Crippen LogP contribution in [0.5, 0.6) is 0 Å². The number of hydrogen-bond donors (Lipinski definition) is 0. The number of nitrogens with zero attached hydrogens (tertiary/aromatic N) is 4. The summed E-state index contributed by atoms with van der Waals surface area (Å²) in [5.41, 5.74) is 5.51. The van der Waals surface area contributed by atoms with Gasteiger partial charge in [-0.25, -0.2) is 15.0 Å². The maximum Gasteiger partial charge on any atom is 0.164 e. The normalized spacial score (nSPS) is 13.2. The van der Waals surface area contributed by atoms with Gasteiger partial charge >= 0.3 is 0 Å². The summed E-state index contributed by atoms with van der Waals surface area (Å²) in [5, 5.41) is 6.29. The monoisotopic (exact) mass is 746 g/mol. The molecule has 0 atom stereocenters. The van der Waals surface area contributed by atoms with E-state index in [1.807, 2.05) is 103 Å². The van der Waals surface area contributed by atoms with Crippen LogP contribution in [0.1, 0.15) is 8.22 Å². The molecule has 0 amide bonds. The maximum absolute atomic E-state index is 9.60. The fourth-order valence-electron chi connectivity index (χ4n) is 8.40. The molecule has 0 radical (unpaired) electrons. The van der Waals surface area contributed by atoms with Gasteiger partial charge in [-0.05, 0) is 57.9 Å². The molecule has 0 fully saturated rings. The highest BCUT2D eigenvalue weighted by Crippen LogP contribution is 2.42. The third kappa shape index (κ3) is 5.00. The van der Waals surface area contributed by atoms with E-state index < -0.39 is 0 Å². The van der Waals surface area contributed by atoms with E-state index in [4.69, 9.17) is 24.9 Å². The van der Waals surface area contributed by atoms with E-state index in [1.165, 1.54) is 6.07 Å². The maximum atomic E-state index is 9.60. The van der Waals surface area contributed by atoms with E-state index in [0.29, 0.717) is 34.3 Å². The highest BCUT2D eigenvalue weighted by atomic mass is 16.3. The highest BCUT2D eigenvalue weighted by molar-refractivity contribution is 6.12. The standard InChI is InChI=1S/C53H32N4O/c1-3-18-36-33(14-1)16-11-25-43(36)52-54-51(55-53(56-52)44-26-12-17-34-15-2-4-19-37(34)44)35-30-31-48(57-46-27-8-5-20-38(46)39-21-6-9-28-47(39)57)45(32-35)42-24-13-23-41-40-22-7-10-29-49(40)58-50(41)42/h1-32H/i7D,13D,22D,23D,24D,29D. The number of hydrogen-bond acceptors (Lipinski definition) is 4. The summed E-state index contributed by atoms with van der Waals surface area (Å²) >= 11 is 0. The van der Waals surface area contributed by atoms with Crippen molar-refractivity contribution in [2.45, 2.75) is 0 Å². The summed E-state index contributed by atoms with van der Waals surface area (Å²) in [6, 6.07) is 50.1. The van der Waals surface area contributed by atoms with E-state index in [1.54, 1.807) is 0 Å². The minimum atomic E-state index is -0.373. The van der Waals surface area contributed by atoms with Gasteiger partial charge in [-0.2, -0.15) is 0 Å². The molecule has 0 aliphatic carbocycles. The smallest absolute Gasteiger partial charge is 0.164 e. The van der Waals surface area contributed by atoms with Gasteiger partial charge in [0.1, 0.15) is 11.2 Å². The molecule has 0 saturated heterocycles. The first-order chi connectivity index (χ1) is 31.2. The van der Waals surface area contributed by atoms with Gasteiger partial charge in [-0.3, -0.25) is 0 Å². The van der Waals surface area contributed by atoms with Crippen molar-refractivity contribution < 1.29 is 12.6 Å². The van der Waals surface area contributed by atoms with Crippen molar-refractivity contribution in [1.29, 1.82) is 0 Å². The first-order valence-electron chi connectivity index (χ1n) is 22.0.